The summed E-state index contributed by atoms with van der Waals surface area (Å²) < 4.78 is 8.70. The van der Waals surface area contributed by atoms with Crippen LogP contribution in [-0.2, 0) is 0 Å². The second-order valence-corrected chi connectivity index (χ2v) is 30.0. The molecule has 218 valence electrons. The standard InChI is InChI=1S/C34H48Br2S2Si2/c1-19(2)39(20(3)4,21(5)6)29-17-27-31(25-13-15-26(35)16-14-25)33-28(32(36)34(27)38-29)18-30(37-33)40(22(7)8,23(9)10)24(11)12/h13-24H,1-12H3. The van der Waals surface area contributed by atoms with Gasteiger partial charge in [-0.1, -0.05) is 111 Å². The minimum atomic E-state index is -1.78. The van der Waals surface area contributed by atoms with Crippen LogP contribution in [0.2, 0.25) is 33.2 Å². The van der Waals surface area contributed by atoms with Crippen molar-refractivity contribution in [3.05, 3.63) is 45.3 Å². The molecule has 0 aliphatic carbocycles. The van der Waals surface area contributed by atoms with Gasteiger partial charge in [0.05, 0.1) is 0 Å². The van der Waals surface area contributed by atoms with Crippen molar-refractivity contribution >= 4 is 99.9 Å². The fourth-order valence-corrected chi connectivity index (χ4v) is 30.3. The molecule has 0 aliphatic heterocycles. The van der Waals surface area contributed by atoms with E-state index in [-0.39, 0.29) is 0 Å². The zero-order chi connectivity index (χ0) is 29.9. The lowest BCUT2D eigenvalue weighted by Gasteiger charge is -2.42. The highest BCUT2D eigenvalue weighted by Gasteiger charge is 2.47. The summed E-state index contributed by atoms with van der Waals surface area (Å²) in [7, 11) is -3.57. The molecular formula is C34H48Br2S2Si2. The second-order valence-electron chi connectivity index (χ2n) is 13.7. The van der Waals surface area contributed by atoms with Crippen molar-refractivity contribution < 1.29 is 0 Å². The number of hydrogen-bond acceptors (Lipinski definition) is 2. The molecular weight excluding hydrogens is 688 g/mol. The third-order valence-corrected chi connectivity index (χ3v) is 29.9. The molecule has 0 spiro atoms. The highest BCUT2D eigenvalue weighted by Crippen LogP contribution is 2.51. The van der Waals surface area contributed by atoms with Gasteiger partial charge in [-0.25, -0.2) is 0 Å². The lowest BCUT2D eigenvalue weighted by Crippen LogP contribution is -2.54. The highest BCUT2D eigenvalue weighted by atomic mass is 79.9. The van der Waals surface area contributed by atoms with Gasteiger partial charge in [-0.3, -0.25) is 0 Å². The summed E-state index contributed by atoms with van der Waals surface area (Å²) in [4.78, 5) is 0. The second kappa shape index (κ2) is 12.0. The smallest absolute Gasteiger partial charge is 0.107 e. The van der Waals surface area contributed by atoms with Gasteiger partial charge >= 0.3 is 0 Å². The SMILES string of the molecule is CC(C)[Si](c1cc2c(-c3ccc(Br)cc3)c3sc([Si](C(C)C)(C(C)C)C(C)C)cc3c(Br)c2s1)(C(C)C)C(C)C. The van der Waals surface area contributed by atoms with Gasteiger partial charge in [0.2, 0.25) is 0 Å². The summed E-state index contributed by atoms with van der Waals surface area (Å²) in [5.74, 6) is 0. The van der Waals surface area contributed by atoms with Gasteiger partial charge in [0.1, 0.15) is 16.1 Å². The van der Waals surface area contributed by atoms with E-state index in [1.165, 1.54) is 35.8 Å². The molecule has 0 fully saturated rings. The Morgan fingerprint density at radius 2 is 0.900 bits per heavy atom. The van der Waals surface area contributed by atoms with Crippen LogP contribution >= 0.6 is 54.5 Å². The molecule has 0 atom stereocenters. The maximum atomic E-state index is 4.22. The van der Waals surface area contributed by atoms with E-state index in [1.807, 2.05) is 0 Å². The Bertz CT molecular complexity index is 1360. The molecule has 40 heavy (non-hydrogen) atoms. The minimum absolute atomic E-state index is 0.693. The number of rotatable bonds is 9. The Labute approximate surface area is 270 Å². The number of halogens is 2. The summed E-state index contributed by atoms with van der Waals surface area (Å²) in [5.41, 5.74) is 6.93. The third-order valence-electron chi connectivity index (χ3n) is 10.1. The van der Waals surface area contributed by atoms with Crippen molar-refractivity contribution in [3.63, 3.8) is 0 Å². The van der Waals surface area contributed by atoms with Crippen molar-refractivity contribution in [1.29, 1.82) is 0 Å². The Kier molecular flexibility index (Phi) is 9.83. The van der Waals surface area contributed by atoms with E-state index < -0.39 is 16.1 Å². The van der Waals surface area contributed by atoms with E-state index in [9.17, 15) is 0 Å². The Morgan fingerprint density at radius 3 is 1.30 bits per heavy atom. The molecule has 0 amide bonds. The van der Waals surface area contributed by atoms with Crippen molar-refractivity contribution in [2.75, 3.05) is 0 Å². The molecule has 0 aliphatic rings. The van der Waals surface area contributed by atoms with Crippen molar-refractivity contribution in [3.8, 4) is 11.1 Å². The first-order chi connectivity index (χ1) is 18.6. The Morgan fingerprint density at radius 1 is 0.525 bits per heavy atom. The average Bonchev–Trinajstić information content (AvgIpc) is 3.46. The van der Waals surface area contributed by atoms with Crippen LogP contribution < -0.4 is 9.00 Å². The fraction of sp³-hybridized carbons (Fsp3) is 0.529. The summed E-state index contributed by atoms with van der Waals surface area (Å²) >= 11 is 12.1. The summed E-state index contributed by atoms with van der Waals surface area (Å²) in [6.07, 6.45) is 0. The molecule has 2 aromatic heterocycles. The van der Waals surface area contributed by atoms with Crippen LogP contribution in [0.1, 0.15) is 83.1 Å². The molecule has 4 aromatic rings. The normalized spacial score (nSPS) is 13.6. The number of benzene rings is 2. The fourth-order valence-electron chi connectivity index (χ4n) is 8.76. The Balaban J connectivity index is 2.18. The van der Waals surface area contributed by atoms with Crippen molar-refractivity contribution in [1.82, 2.24) is 0 Å². The maximum Gasteiger partial charge on any atom is 0.107 e. The maximum absolute atomic E-state index is 4.22. The lowest BCUT2D eigenvalue weighted by atomic mass is 10.0. The number of fused-ring (bicyclic) bond motifs is 2. The molecule has 2 heterocycles. The predicted molar refractivity (Wildman–Crippen MR) is 199 cm³/mol. The first kappa shape index (κ1) is 32.7. The topological polar surface area (TPSA) is 0 Å². The minimum Gasteiger partial charge on any atom is -0.144 e. The largest absolute Gasteiger partial charge is 0.144 e. The van der Waals surface area contributed by atoms with Crippen LogP contribution in [0.4, 0.5) is 0 Å². The van der Waals surface area contributed by atoms with Gasteiger partial charge < -0.3 is 0 Å². The quantitative estimate of drug-likeness (QED) is 0.150. The van der Waals surface area contributed by atoms with Gasteiger partial charge in [-0.2, -0.15) is 0 Å². The summed E-state index contributed by atoms with van der Waals surface area (Å²) in [6.45, 7) is 29.8. The number of thiophene rings is 2. The molecule has 0 saturated carbocycles. The van der Waals surface area contributed by atoms with Crippen molar-refractivity contribution in [2.45, 2.75) is 116 Å². The predicted octanol–water partition coefficient (Wildman–Crippen LogP) is 13.1. The van der Waals surface area contributed by atoms with Crippen molar-refractivity contribution in [2.24, 2.45) is 0 Å². The van der Waals surface area contributed by atoms with Crippen LogP contribution in [0.25, 0.3) is 31.3 Å². The molecule has 4 rings (SSSR count). The molecule has 0 radical (unpaired) electrons. The van der Waals surface area contributed by atoms with E-state index in [1.54, 1.807) is 9.00 Å². The molecule has 0 bridgehead atoms. The first-order valence-corrected chi connectivity index (χ1v) is 22.8. The summed E-state index contributed by atoms with van der Waals surface area (Å²) in [6, 6.07) is 14.3. The zero-order valence-corrected chi connectivity index (χ0v) is 33.3. The third kappa shape index (κ3) is 4.93. The monoisotopic (exact) mass is 734 g/mol. The lowest BCUT2D eigenvalue weighted by molar-refractivity contribution is 0.837. The first-order valence-electron chi connectivity index (χ1n) is 15.1. The van der Waals surface area contributed by atoms with Gasteiger partial charge in [-0.05, 0) is 88.0 Å². The van der Waals surface area contributed by atoms with Gasteiger partial charge in [-0.15, -0.1) is 22.7 Å². The molecule has 6 heteroatoms. The van der Waals surface area contributed by atoms with Crippen LogP contribution in [0, 0.1) is 0 Å². The van der Waals surface area contributed by atoms with Crippen LogP contribution in [0.3, 0.4) is 0 Å². The molecule has 2 aromatic carbocycles. The molecule has 0 saturated heterocycles. The molecule has 0 unspecified atom stereocenters. The van der Waals surface area contributed by atoms with Gasteiger partial charge in [0.25, 0.3) is 0 Å². The van der Waals surface area contributed by atoms with Crippen LogP contribution in [-0.4, -0.2) is 16.1 Å². The Hall–Kier alpha value is -0.246. The van der Waals surface area contributed by atoms with E-state index in [2.05, 4.69) is 174 Å². The van der Waals surface area contributed by atoms with Gasteiger partial charge in [0.15, 0.2) is 0 Å². The van der Waals surface area contributed by atoms with Crippen LogP contribution in [0.5, 0.6) is 0 Å². The van der Waals surface area contributed by atoms with Crippen LogP contribution in [0.15, 0.2) is 45.3 Å². The summed E-state index contributed by atoms with van der Waals surface area (Å²) in [5, 5.41) is 2.86. The van der Waals surface area contributed by atoms with Gasteiger partial charge in [0, 0.05) is 34.7 Å². The van der Waals surface area contributed by atoms with E-state index in [0.717, 1.165) is 4.47 Å². The highest BCUT2D eigenvalue weighted by molar-refractivity contribution is 9.11. The average molecular weight is 737 g/mol. The van der Waals surface area contributed by atoms with E-state index in [0.29, 0.717) is 33.2 Å². The number of hydrogen-bond donors (Lipinski definition) is 0. The van der Waals surface area contributed by atoms with E-state index >= 15 is 0 Å². The molecule has 0 N–H and O–H groups in total. The van der Waals surface area contributed by atoms with E-state index in [4.69, 9.17) is 0 Å². The zero-order valence-electron chi connectivity index (χ0n) is 26.5. The molecule has 0 nitrogen and oxygen atoms in total.